The molecule has 0 saturated heterocycles. The molecule has 2 rings (SSSR count). The Balaban J connectivity index is 2.23. The minimum absolute atomic E-state index is 0.0454. The van der Waals surface area contributed by atoms with Crippen molar-refractivity contribution < 1.29 is 16.8 Å². The average molecular weight is 403 g/mol. The van der Waals surface area contributed by atoms with Crippen molar-refractivity contribution in [2.45, 2.75) is 18.7 Å². The number of halogens is 1. The third-order valence-corrected chi connectivity index (χ3v) is 6.35. The van der Waals surface area contributed by atoms with E-state index in [1.807, 2.05) is 0 Å². The molecule has 0 radical (unpaired) electrons. The monoisotopic (exact) mass is 402 g/mol. The van der Waals surface area contributed by atoms with Gasteiger partial charge in [-0.1, -0.05) is 31.5 Å². The molecular weight excluding hydrogens is 384 g/mol. The lowest BCUT2D eigenvalue weighted by Crippen LogP contribution is -2.20. The normalized spacial score (nSPS) is 12.2. The zero-order chi connectivity index (χ0) is 18.7. The Morgan fingerprint density at radius 1 is 0.920 bits per heavy atom. The number of anilines is 2. The van der Waals surface area contributed by atoms with Crippen molar-refractivity contribution in [3.8, 4) is 0 Å². The fourth-order valence-electron chi connectivity index (χ4n) is 2.12. The lowest BCUT2D eigenvalue weighted by atomic mass is 10.3. The molecular formula is C16H19ClN2O4S2. The molecule has 0 unspecified atom stereocenters. The molecule has 0 saturated carbocycles. The number of benzene rings is 2. The largest absolute Gasteiger partial charge is 0.284 e. The highest BCUT2D eigenvalue weighted by Gasteiger charge is 2.17. The van der Waals surface area contributed by atoms with Crippen LogP contribution in [0.5, 0.6) is 0 Å². The molecule has 2 N–H and O–H groups in total. The quantitative estimate of drug-likeness (QED) is 0.740. The van der Waals surface area contributed by atoms with Crippen LogP contribution in [-0.4, -0.2) is 22.6 Å². The Hall–Kier alpha value is -1.77. The Morgan fingerprint density at radius 3 is 2.16 bits per heavy atom. The van der Waals surface area contributed by atoms with Crippen molar-refractivity contribution in [1.29, 1.82) is 0 Å². The molecule has 0 atom stereocenters. The maximum Gasteiger partial charge on any atom is 0.261 e. The smallest absolute Gasteiger partial charge is 0.261 e. The van der Waals surface area contributed by atoms with Crippen LogP contribution in [-0.2, 0) is 20.0 Å². The van der Waals surface area contributed by atoms with Crippen LogP contribution < -0.4 is 9.44 Å². The van der Waals surface area contributed by atoms with Crippen molar-refractivity contribution in [1.82, 2.24) is 0 Å². The SMILES string of the molecule is CC(C)CS(=O)(=O)Nc1cccc(S(=O)(=O)Nc2ccc(Cl)cc2)c1. The first-order chi connectivity index (χ1) is 11.6. The molecule has 0 amide bonds. The van der Waals surface area contributed by atoms with Crippen molar-refractivity contribution in [2.75, 3.05) is 15.2 Å². The first kappa shape index (κ1) is 19.6. The highest BCUT2D eigenvalue weighted by molar-refractivity contribution is 7.93. The van der Waals surface area contributed by atoms with Crippen LogP contribution in [0.2, 0.25) is 5.02 Å². The Bertz CT molecular complexity index is 940. The molecule has 0 aromatic heterocycles. The van der Waals surface area contributed by atoms with Gasteiger partial charge < -0.3 is 0 Å². The average Bonchev–Trinajstić information content (AvgIpc) is 2.48. The number of sulfonamides is 2. The van der Waals surface area contributed by atoms with Crippen LogP contribution in [0.25, 0.3) is 0 Å². The minimum Gasteiger partial charge on any atom is -0.284 e. The summed E-state index contributed by atoms with van der Waals surface area (Å²) < 4.78 is 53.7. The van der Waals surface area contributed by atoms with Gasteiger partial charge in [-0.15, -0.1) is 0 Å². The minimum atomic E-state index is -3.86. The van der Waals surface area contributed by atoms with Crippen LogP contribution in [0.4, 0.5) is 11.4 Å². The second-order valence-electron chi connectivity index (χ2n) is 5.92. The fourth-order valence-corrected chi connectivity index (χ4v) is 4.80. The summed E-state index contributed by atoms with van der Waals surface area (Å²) in [6.45, 7) is 3.58. The van der Waals surface area contributed by atoms with E-state index in [4.69, 9.17) is 11.6 Å². The van der Waals surface area contributed by atoms with Gasteiger partial charge in [-0.2, -0.15) is 0 Å². The molecule has 9 heteroatoms. The summed E-state index contributed by atoms with van der Waals surface area (Å²) >= 11 is 5.78. The first-order valence-electron chi connectivity index (χ1n) is 7.46. The maximum atomic E-state index is 12.5. The van der Waals surface area contributed by atoms with E-state index >= 15 is 0 Å². The highest BCUT2D eigenvalue weighted by atomic mass is 35.5. The molecule has 0 heterocycles. The summed E-state index contributed by atoms with van der Waals surface area (Å²) in [4.78, 5) is -0.0489. The lowest BCUT2D eigenvalue weighted by molar-refractivity contribution is 0.587. The van der Waals surface area contributed by atoms with Gasteiger partial charge in [0.1, 0.15) is 0 Å². The van der Waals surface area contributed by atoms with E-state index in [1.165, 1.54) is 36.4 Å². The molecule has 0 aliphatic rings. The molecule has 0 aliphatic carbocycles. The summed E-state index contributed by atoms with van der Waals surface area (Å²) in [5.74, 6) is -0.0940. The molecule has 6 nitrogen and oxygen atoms in total. The fraction of sp³-hybridized carbons (Fsp3) is 0.250. The second kappa shape index (κ2) is 7.63. The van der Waals surface area contributed by atoms with Crippen molar-refractivity contribution in [3.05, 3.63) is 53.6 Å². The standard InChI is InChI=1S/C16H19ClN2O4S2/c1-12(2)11-24(20,21)18-15-4-3-5-16(10-15)25(22,23)19-14-8-6-13(17)7-9-14/h3-10,12,18-19H,11H2,1-2H3. The summed E-state index contributed by atoms with van der Waals surface area (Å²) in [7, 11) is -7.39. The van der Waals surface area contributed by atoms with Crippen molar-refractivity contribution in [3.63, 3.8) is 0 Å². The van der Waals surface area contributed by atoms with Gasteiger partial charge in [0.15, 0.2) is 0 Å². The Morgan fingerprint density at radius 2 is 1.56 bits per heavy atom. The molecule has 25 heavy (non-hydrogen) atoms. The van der Waals surface area contributed by atoms with Crippen molar-refractivity contribution >= 4 is 43.0 Å². The zero-order valence-electron chi connectivity index (χ0n) is 13.7. The number of rotatable bonds is 7. The van der Waals surface area contributed by atoms with E-state index in [-0.39, 0.29) is 22.3 Å². The van der Waals surface area contributed by atoms with Gasteiger partial charge in [0.25, 0.3) is 10.0 Å². The van der Waals surface area contributed by atoms with Gasteiger partial charge in [-0.05, 0) is 48.4 Å². The number of nitrogens with one attached hydrogen (secondary N) is 2. The van der Waals surface area contributed by atoms with E-state index in [0.717, 1.165) is 0 Å². The van der Waals surface area contributed by atoms with E-state index in [2.05, 4.69) is 9.44 Å². The third kappa shape index (κ3) is 5.91. The molecule has 136 valence electrons. The van der Waals surface area contributed by atoms with Gasteiger partial charge >= 0.3 is 0 Å². The topological polar surface area (TPSA) is 92.3 Å². The molecule has 2 aromatic rings. The predicted molar refractivity (Wildman–Crippen MR) is 101 cm³/mol. The van der Waals surface area contributed by atoms with Gasteiger partial charge in [0.2, 0.25) is 10.0 Å². The van der Waals surface area contributed by atoms with Gasteiger partial charge in [0, 0.05) is 16.4 Å². The van der Waals surface area contributed by atoms with Crippen molar-refractivity contribution in [2.24, 2.45) is 5.92 Å². The van der Waals surface area contributed by atoms with Crippen LogP contribution >= 0.6 is 11.6 Å². The summed E-state index contributed by atoms with van der Waals surface area (Å²) in [5.41, 5.74) is 0.551. The summed E-state index contributed by atoms with van der Waals surface area (Å²) in [6.07, 6.45) is 0. The van der Waals surface area contributed by atoms with E-state index in [1.54, 1.807) is 26.0 Å². The number of hydrogen-bond acceptors (Lipinski definition) is 4. The van der Waals surface area contributed by atoms with Crippen LogP contribution in [0.15, 0.2) is 53.4 Å². The third-order valence-electron chi connectivity index (χ3n) is 3.07. The van der Waals surface area contributed by atoms with Gasteiger partial charge in [-0.25, -0.2) is 16.8 Å². The summed E-state index contributed by atoms with van der Waals surface area (Å²) in [5, 5.41) is 0.490. The zero-order valence-corrected chi connectivity index (χ0v) is 16.1. The van der Waals surface area contributed by atoms with E-state index in [0.29, 0.717) is 10.7 Å². The first-order valence-corrected chi connectivity index (χ1v) is 11.0. The maximum absolute atomic E-state index is 12.5. The summed E-state index contributed by atoms with van der Waals surface area (Å²) in [6, 6.07) is 11.8. The van der Waals surface area contributed by atoms with Gasteiger partial charge in [0.05, 0.1) is 10.6 Å². The molecule has 2 aromatic carbocycles. The lowest BCUT2D eigenvalue weighted by Gasteiger charge is -2.12. The molecule has 0 fully saturated rings. The van der Waals surface area contributed by atoms with Crippen LogP contribution in [0.1, 0.15) is 13.8 Å². The van der Waals surface area contributed by atoms with Crippen LogP contribution in [0, 0.1) is 5.92 Å². The highest BCUT2D eigenvalue weighted by Crippen LogP contribution is 2.21. The molecule has 0 aliphatic heterocycles. The molecule has 0 spiro atoms. The van der Waals surface area contributed by atoms with E-state index < -0.39 is 20.0 Å². The second-order valence-corrected chi connectivity index (χ2v) is 9.80. The molecule has 0 bridgehead atoms. The van der Waals surface area contributed by atoms with Gasteiger partial charge in [-0.3, -0.25) is 9.44 Å². The Kier molecular flexibility index (Phi) is 5.97. The van der Waals surface area contributed by atoms with Crippen LogP contribution in [0.3, 0.4) is 0 Å². The van der Waals surface area contributed by atoms with E-state index in [9.17, 15) is 16.8 Å². The number of hydrogen-bond donors (Lipinski definition) is 2. The predicted octanol–water partition coefficient (Wildman–Crippen LogP) is 3.54. The Labute approximate surface area is 153 Å².